The zero-order chi connectivity index (χ0) is 15.5. The number of nitrogen functional groups attached to an aromatic ring is 1. The number of nitrogens with two attached hydrogens (primary N) is 1. The van der Waals surface area contributed by atoms with Crippen molar-refractivity contribution in [2.45, 2.75) is 31.8 Å². The molecule has 0 radical (unpaired) electrons. The molecule has 114 valence electrons. The molecule has 0 atom stereocenters. The first kappa shape index (κ1) is 17.2. The van der Waals surface area contributed by atoms with Gasteiger partial charge in [0.05, 0.1) is 28.3 Å². The molecule has 0 bridgehead atoms. The number of halogens is 1. The highest BCUT2D eigenvalue weighted by atomic mass is 35.5. The average Bonchev–Trinajstić information content (AvgIpc) is 2.34. The van der Waals surface area contributed by atoms with E-state index in [-0.39, 0.29) is 23.2 Å². The van der Waals surface area contributed by atoms with Crippen LogP contribution in [-0.2, 0) is 14.8 Å². The van der Waals surface area contributed by atoms with Crippen LogP contribution in [0.4, 0.5) is 5.69 Å². The van der Waals surface area contributed by atoms with Gasteiger partial charge in [-0.2, -0.15) is 4.31 Å². The number of anilines is 1. The summed E-state index contributed by atoms with van der Waals surface area (Å²) in [4.78, 5) is 0.143. The van der Waals surface area contributed by atoms with Gasteiger partial charge in [0.2, 0.25) is 10.0 Å². The fourth-order valence-electron chi connectivity index (χ4n) is 1.63. The van der Waals surface area contributed by atoms with E-state index in [0.29, 0.717) is 17.2 Å². The Morgan fingerprint density at radius 1 is 1.40 bits per heavy atom. The summed E-state index contributed by atoms with van der Waals surface area (Å²) in [6, 6.07) is 2.90. The second kappa shape index (κ2) is 6.76. The van der Waals surface area contributed by atoms with Crippen LogP contribution in [0, 0.1) is 6.92 Å². The van der Waals surface area contributed by atoms with Crippen molar-refractivity contribution < 1.29 is 13.2 Å². The highest BCUT2D eigenvalue weighted by molar-refractivity contribution is 7.89. The lowest BCUT2D eigenvalue weighted by atomic mass is 10.2. The van der Waals surface area contributed by atoms with Gasteiger partial charge in [-0.25, -0.2) is 8.42 Å². The third-order valence-electron chi connectivity index (χ3n) is 2.82. The van der Waals surface area contributed by atoms with Gasteiger partial charge in [-0.3, -0.25) is 0 Å². The maximum atomic E-state index is 12.4. The van der Waals surface area contributed by atoms with E-state index in [1.807, 2.05) is 13.8 Å². The van der Waals surface area contributed by atoms with E-state index >= 15 is 0 Å². The maximum Gasteiger partial charge on any atom is 0.242 e. The van der Waals surface area contributed by atoms with Crippen molar-refractivity contribution in [2.24, 2.45) is 0 Å². The molecule has 0 saturated carbocycles. The van der Waals surface area contributed by atoms with Crippen LogP contribution in [0.15, 0.2) is 17.0 Å². The van der Waals surface area contributed by atoms with E-state index < -0.39 is 10.0 Å². The standard InChI is InChI=1S/C13H21ClN2O3S/c1-9(2)19-6-5-16(4)20(17,18)11-7-10(3)13(14)12(15)8-11/h7-9H,5-6,15H2,1-4H3. The van der Waals surface area contributed by atoms with Crippen molar-refractivity contribution in [2.75, 3.05) is 25.9 Å². The molecule has 0 aliphatic heterocycles. The van der Waals surface area contributed by atoms with Gasteiger partial charge in [-0.05, 0) is 38.5 Å². The average molecular weight is 321 g/mol. The molecule has 0 heterocycles. The number of hydrogen-bond acceptors (Lipinski definition) is 4. The van der Waals surface area contributed by atoms with Gasteiger partial charge in [0.25, 0.3) is 0 Å². The molecule has 0 fully saturated rings. The normalized spacial score (nSPS) is 12.3. The molecule has 0 unspecified atom stereocenters. The molecule has 1 aromatic rings. The van der Waals surface area contributed by atoms with Crippen LogP contribution in [0.1, 0.15) is 19.4 Å². The molecule has 20 heavy (non-hydrogen) atoms. The van der Waals surface area contributed by atoms with E-state index in [4.69, 9.17) is 22.1 Å². The quantitative estimate of drug-likeness (QED) is 0.816. The summed E-state index contributed by atoms with van der Waals surface area (Å²) in [6.45, 7) is 6.15. The van der Waals surface area contributed by atoms with E-state index in [9.17, 15) is 8.42 Å². The van der Waals surface area contributed by atoms with E-state index in [1.165, 1.54) is 23.5 Å². The summed E-state index contributed by atoms with van der Waals surface area (Å²) < 4.78 is 31.4. The molecule has 0 saturated heterocycles. The van der Waals surface area contributed by atoms with E-state index in [0.717, 1.165) is 0 Å². The lowest BCUT2D eigenvalue weighted by molar-refractivity contribution is 0.0737. The van der Waals surface area contributed by atoms with Crippen molar-refractivity contribution in [3.8, 4) is 0 Å². The molecule has 0 amide bonds. The highest BCUT2D eigenvalue weighted by Gasteiger charge is 2.22. The zero-order valence-electron chi connectivity index (χ0n) is 12.2. The van der Waals surface area contributed by atoms with Crippen LogP contribution in [0.25, 0.3) is 0 Å². The molecule has 0 spiro atoms. The minimum Gasteiger partial charge on any atom is -0.397 e. The lowest BCUT2D eigenvalue weighted by Gasteiger charge is -2.19. The fraction of sp³-hybridized carbons (Fsp3) is 0.538. The fourth-order valence-corrected chi connectivity index (χ4v) is 3.01. The minimum atomic E-state index is -3.58. The van der Waals surface area contributed by atoms with Crippen LogP contribution in [0.2, 0.25) is 5.02 Å². The van der Waals surface area contributed by atoms with Gasteiger partial charge in [0, 0.05) is 13.6 Å². The first-order valence-electron chi connectivity index (χ1n) is 6.29. The van der Waals surface area contributed by atoms with Gasteiger partial charge in [0.1, 0.15) is 0 Å². The Morgan fingerprint density at radius 2 is 2.00 bits per heavy atom. The Labute approximate surface area is 125 Å². The molecule has 7 heteroatoms. The summed E-state index contributed by atoms with van der Waals surface area (Å²) in [5.41, 5.74) is 6.62. The van der Waals surface area contributed by atoms with Crippen molar-refractivity contribution in [1.29, 1.82) is 0 Å². The zero-order valence-corrected chi connectivity index (χ0v) is 13.8. The molecular weight excluding hydrogens is 300 g/mol. The molecule has 5 nitrogen and oxygen atoms in total. The Hall–Kier alpha value is -0.820. The number of rotatable bonds is 6. The third kappa shape index (κ3) is 4.09. The highest BCUT2D eigenvalue weighted by Crippen LogP contribution is 2.27. The van der Waals surface area contributed by atoms with Gasteiger partial charge in [-0.15, -0.1) is 0 Å². The molecule has 0 aliphatic carbocycles. The van der Waals surface area contributed by atoms with Crippen molar-refractivity contribution in [3.05, 3.63) is 22.7 Å². The summed E-state index contributed by atoms with van der Waals surface area (Å²) >= 11 is 5.94. The molecular formula is C13H21ClN2O3S. The number of benzene rings is 1. The van der Waals surface area contributed by atoms with Crippen LogP contribution in [0.3, 0.4) is 0 Å². The molecule has 1 aromatic carbocycles. The van der Waals surface area contributed by atoms with Gasteiger partial charge < -0.3 is 10.5 Å². The number of ether oxygens (including phenoxy) is 1. The number of nitrogens with zero attached hydrogens (tertiary/aromatic N) is 1. The second-order valence-corrected chi connectivity index (χ2v) is 7.31. The monoisotopic (exact) mass is 320 g/mol. The predicted octanol–water partition coefficient (Wildman–Crippen LogP) is 2.28. The SMILES string of the molecule is Cc1cc(S(=O)(=O)N(C)CCOC(C)C)cc(N)c1Cl. The van der Waals surface area contributed by atoms with E-state index in [2.05, 4.69) is 0 Å². The molecule has 0 aliphatic rings. The summed E-state index contributed by atoms with van der Waals surface area (Å²) in [7, 11) is -2.07. The van der Waals surface area contributed by atoms with Crippen LogP contribution in [0.5, 0.6) is 0 Å². The first-order valence-corrected chi connectivity index (χ1v) is 8.11. The smallest absolute Gasteiger partial charge is 0.242 e. The number of likely N-dealkylation sites (N-methyl/N-ethyl adjacent to an activating group) is 1. The van der Waals surface area contributed by atoms with Gasteiger partial charge >= 0.3 is 0 Å². The second-order valence-electron chi connectivity index (χ2n) is 4.89. The maximum absolute atomic E-state index is 12.4. The van der Waals surface area contributed by atoms with Crippen LogP contribution < -0.4 is 5.73 Å². The molecule has 2 N–H and O–H groups in total. The van der Waals surface area contributed by atoms with Gasteiger partial charge in [0.15, 0.2) is 0 Å². The number of hydrogen-bond donors (Lipinski definition) is 1. The lowest BCUT2D eigenvalue weighted by Crippen LogP contribution is -2.31. The van der Waals surface area contributed by atoms with Crippen LogP contribution in [-0.4, -0.2) is 39.0 Å². The third-order valence-corrected chi connectivity index (χ3v) is 5.17. The Balaban J connectivity index is 2.93. The Bertz CT molecular complexity index is 550. The van der Waals surface area contributed by atoms with Crippen molar-refractivity contribution in [1.82, 2.24) is 4.31 Å². The van der Waals surface area contributed by atoms with Crippen LogP contribution >= 0.6 is 11.6 Å². The first-order chi connectivity index (χ1) is 9.16. The topological polar surface area (TPSA) is 72.6 Å². The minimum absolute atomic E-state index is 0.0690. The largest absolute Gasteiger partial charge is 0.397 e. The number of sulfonamides is 1. The summed E-state index contributed by atoms with van der Waals surface area (Å²) in [6.07, 6.45) is 0.0690. The molecule has 0 aromatic heterocycles. The Morgan fingerprint density at radius 3 is 2.50 bits per heavy atom. The van der Waals surface area contributed by atoms with Crippen molar-refractivity contribution in [3.63, 3.8) is 0 Å². The molecule has 1 rings (SSSR count). The summed E-state index contributed by atoms with van der Waals surface area (Å²) in [5, 5.41) is 0.384. The van der Waals surface area contributed by atoms with E-state index in [1.54, 1.807) is 6.92 Å². The number of aryl methyl sites for hydroxylation is 1. The van der Waals surface area contributed by atoms with Gasteiger partial charge in [-0.1, -0.05) is 11.6 Å². The predicted molar refractivity (Wildman–Crippen MR) is 81.5 cm³/mol. The summed E-state index contributed by atoms with van der Waals surface area (Å²) in [5.74, 6) is 0. The van der Waals surface area contributed by atoms with Crippen molar-refractivity contribution >= 4 is 27.3 Å². The Kier molecular flexibility index (Phi) is 5.82.